The molecule has 9 heteroatoms. The Hall–Kier alpha value is -1.07. The van der Waals surface area contributed by atoms with Crippen molar-refractivity contribution in [3.05, 3.63) is 11.8 Å². The van der Waals surface area contributed by atoms with Crippen LogP contribution in [-0.4, -0.2) is 81.0 Å². The van der Waals surface area contributed by atoms with Gasteiger partial charge in [-0.2, -0.15) is 0 Å². The van der Waals surface area contributed by atoms with Crippen LogP contribution in [0.2, 0.25) is 0 Å². The minimum atomic E-state index is -1.57. The van der Waals surface area contributed by atoms with Crippen molar-refractivity contribution < 1.29 is 44.5 Å². The van der Waals surface area contributed by atoms with Crippen LogP contribution in [-0.2, 0) is 19.0 Å². The second-order valence-corrected chi connectivity index (χ2v) is 6.99. The lowest BCUT2D eigenvalue weighted by atomic mass is 9.80. The molecular formula is C16H24O9. The first-order chi connectivity index (χ1) is 11.8. The van der Waals surface area contributed by atoms with Gasteiger partial charge in [-0.05, 0) is 18.8 Å². The summed E-state index contributed by atoms with van der Waals surface area (Å²) in [7, 11) is 0. The fraction of sp³-hybridized carbons (Fsp3) is 0.812. The van der Waals surface area contributed by atoms with E-state index in [1.807, 2.05) is 6.92 Å². The molecule has 142 valence electrons. The molecule has 0 spiro atoms. The first-order valence-electron chi connectivity index (χ1n) is 8.33. The van der Waals surface area contributed by atoms with Gasteiger partial charge < -0.3 is 39.7 Å². The van der Waals surface area contributed by atoms with Gasteiger partial charge >= 0.3 is 0 Å². The summed E-state index contributed by atoms with van der Waals surface area (Å²) in [4.78, 5) is 11.2. The molecule has 9 nitrogen and oxygen atoms in total. The van der Waals surface area contributed by atoms with E-state index in [1.54, 1.807) is 0 Å². The van der Waals surface area contributed by atoms with Gasteiger partial charge in [-0.15, -0.1) is 0 Å². The average Bonchev–Trinajstić information content (AvgIpc) is 2.91. The van der Waals surface area contributed by atoms with Gasteiger partial charge in [-0.1, -0.05) is 6.92 Å². The fourth-order valence-electron chi connectivity index (χ4n) is 3.98. The van der Waals surface area contributed by atoms with Crippen LogP contribution in [0, 0.1) is 11.8 Å². The van der Waals surface area contributed by atoms with Crippen molar-refractivity contribution in [3.63, 3.8) is 0 Å². The lowest BCUT2D eigenvalue weighted by molar-refractivity contribution is -0.346. The van der Waals surface area contributed by atoms with Gasteiger partial charge in [0.1, 0.15) is 30.0 Å². The number of fused-ring (bicyclic) bond motifs is 1. The quantitative estimate of drug-likeness (QED) is 0.360. The van der Waals surface area contributed by atoms with E-state index in [-0.39, 0.29) is 11.5 Å². The maximum absolute atomic E-state index is 11.2. The molecule has 0 amide bonds. The number of carbonyl (C=O) groups excluding carboxylic acids is 1. The molecule has 3 rings (SSSR count). The number of aldehydes is 1. The largest absolute Gasteiger partial charge is 0.471 e. The Kier molecular flexibility index (Phi) is 5.18. The molecule has 3 aliphatic rings. The molecule has 5 N–H and O–H groups in total. The van der Waals surface area contributed by atoms with Gasteiger partial charge in [0.25, 0.3) is 0 Å². The first kappa shape index (κ1) is 18.7. The van der Waals surface area contributed by atoms with E-state index in [9.17, 15) is 30.3 Å². The van der Waals surface area contributed by atoms with Crippen LogP contribution in [0.3, 0.4) is 0 Å². The normalized spacial score (nSPS) is 49.9. The van der Waals surface area contributed by atoms with Crippen molar-refractivity contribution in [2.24, 2.45) is 11.8 Å². The molecule has 2 aliphatic heterocycles. The SMILES string of the molecule is C[C@@H]1CC[C@]2(O)C(C=O)=CO[C@H](O[C@@H]3O[C@H](CO)[C@@H](O)[C@H](O)[C@H]3O)[C@H]12. The molecule has 2 heterocycles. The van der Waals surface area contributed by atoms with Gasteiger partial charge in [0.05, 0.1) is 24.4 Å². The molecule has 25 heavy (non-hydrogen) atoms. The third-order valence-electron chi connectivity index (χ3n) is 5.51. The zero-order valence-corrected chi connectivity index (χ0v) is 13.8. The van der Waals surface area contributed by atoms with Crippen molar-refractivity contribution in [3.8, 4) is 0 Å². The molecule has 2 fully saturated rings. The highest BCUT2D eigenvalue weighted by atomic mass is 16.8. The van der Waals surface area contributed by atoms with Crippen LogP contribution >= 0.6 is 0 Å². The number of hydrogen-bond acceptors (Lipinski definition) is 9. The van der Waals surface area contributed by atoms with Crippen molar-refractivity contribution in [1.29, 1.82) is 0 Å². The van der Waals surface area contributed by atoms with E-state index in [0.29, 0.717) is 19.1 Å². The Labute approximate surface area is 144 Å². The second-order valence-electron chi connectivity index (χ2n) is 6.99. The van der Waals surface area contributed by atoms with Crippen molar-refractivity contribution in [1.82, 2.24) is 0 Å². The fourth-order valence-corrected chi connectivity index (χ4v) is 3.98. The summed E-state index contributed by atoms with van der Waals surface area (Å²) in [6, 6.07) is 0. The Bertz CT molecular complexity index is 536. The summed E-state index contributed by atoms with van der Waals surface area (Å²) in [6.07, 6.45) is -5.40. The van der Waals surface area contributed by atoms with E-state index in [2.05, 4.69) is 0 Å². The summed E-state index contributed by atoms with van der Waals surface area (Å²) in [5.41, 5.74) is -1.26. The molecule has 0 radical (unpaired) electrons. The standard InChI is InChI=1S/C16H24O9/c1-7-2-3-16(22)8(4-17)6-23-14(10(7)16)25-15-13(21)12(20)11(19)9(5-18)24-15/h4,6-7,9-15,18-22H,2-3,5H2,1H3/t7-,9-,10+,11-,12+,13-,14-,15+,16+/m1/s1. The summed E-state index contributed by atoms with van der Waals surface area (Å²) < 4.78 is 16.4. The monoisotopic (exact) mass is 360 g/mol. The van der Waals surface area contributed by atoms with E-state index in [0.717, 1.165) is 6.26 Å². The topological polar surface area (TPSA) is 146 Å². The number of aliphatic hydroxyl groups is 5. The van der Waals surface area contributed by atoms with Crippen LogP contribution in [0.15, 0.2) is 11.8 Å². The number of aliphatic hydroxyl groups excluding tert-OH is 4. The molecule has 1 saturated carbocycles. The van der Waals surface area contributed by atoms with Crippen LogP contribution in [0.4, 0.5) is 0 Å². The van der Waals surface area contributed by atoms with Gasteiger partial charge in [-0.25, -0.2) is 0 Å². The average molecular weight is 360 g/mol. The number of rotatable bonds is 4. The van der Waals surface area contributed by atoms with Gasteiger partial charge in [0.2, 0.25) is 6.29 Å². The van der Waals surface area contributed by atoms with Crippen LogP contribution in [0.5, 0.6) is 0 Å². The molecular weight excluding hydrogens is 336 g/mol. The second kappa shape index (κ2) is 6.92. The van der Waals surface area contributed by atoms with E-state index < -0.39 is 55.1 Å². The minimum Gasteiger partial charge on any atom is -0.471 e. The molecule has 9 atom stereocenters. The third kappa shape index (κ3) is 2.99. The molecule has 1 saturated heterocycles. The third-order valence-corrected chi connectivity index (χ3v) is 5.51. The van der Waals surface area contributed by atoms with Gasteiger partial charge in [0.15, 0.2) is 12.6 Å². The van der Waals surface area contributed by atoms with Crippen molar-refractivity contribution in [2.45, 2.75) is 62.4 Å². The molecule has 0 unspecified atom stereocenters. The Balaban J connectivity index is 1.80. The predicted molar refractivity (Wildman–Crippen MR) is 80.7 cm³/mol. The van der Waals surface area contributed by atoms with Crippen LogP contribution < -0.4 is 0 Å². The highest BCUT2D eigenvalue weighted by Crippen LogP contribution is 2.49. The van der Waals surface area contributed by atoms with Crippen molar-refractivity contribution in [2.75, 3.05) is 6.61 Å². The Morgan fingerprint density at radius 3 is 2.64 bits per heavy atom. The van der Waals surface area contributed by atoms with E-state index in [1.165, 1.54) is 0 Å². The summed E-state index contributed by atoms with van der Waals surface area (Å²) in [5, 5.41) is 49.9. The highest BCUT2D eigenvalue weighted by molar-refractivity contribution is 5.76. The minimum absolute atomic E-state index is 0.0245. The number of ether oxygens (including phenoxy) is 3. The van der Waals surface area contributed by atoms with Crippen molar-refractivity contribution >= 4 is 6.29 Å². The maximum atomic E-state index is 11.2. The van der Waals surface area contributed by atoms with Crippen LogP contribution in [0.1, 0.15) is 19.8 Å². The van der Waals surface area contributed by atoms with Gasteiger partial charge in [0, 0.05) is 0 Å². The molecule has 0 aromatic heterocycles. The lowest BCUT2D eigenvalue weighted by Crippen LogP contribution is -2.61. The zero-order chi connectivity index (χ0) is 18.4. The summed E-state index contributed by atoms with van der Waals surface area (Å²) in [6.45, 7) is 1.32. The molecule has 0 aromatic carbocycles. The maximum Gasteiger partial charge on any atom is 0.207 e. The molecule has 0 bridgehead atoms. The van der Waals surface area contributed by atoms with Crippen LogP contribution in [0.25, 0.3) is 0 Å². The molecule has 0 aromatic rings. The number of carbonyl (C=O) groups is 1. The Morgan fingerprint density at radius 1 is 1.28 bits per heavy atom. The smallest absolute Gasteiger partial charge is 0.207 e. The van der Waals surface area contributed by atoms with E-state index in [4.69, 9.17) is 14.2 Å². The zero-order valence-electron chi connectivity index (χ0n) is 13.8. The van der Waals surface area contributed by atoms with E-state index >= 15 is 0 Å². The lowest BCUT2D eigenvalue weighted by Gasteiger charge is -2.44. The number of hydrogen-bond donors (Lipinski definition) is 5. The summed E-state index contributed by atoms with van der Waals surface area (Å²) >= 11 is 0. The summed E-state index contributed by atoms with van der Waals surface area (Å²) in [5.74, 6) is -0.589. The first-order valence-corrected chi connectivity index (χ1v) is 8.33. The highest BCUT2D eigenvalue weighted by Gasteiger charge is 2.56. The van der Waals surface area contributed by atoms with Gasteiger partial charge in [-0.3, -0.25) is 4.79 Å². The molecule has 1 aliphatic carbocycles. The predicted octanol–water partition coefficient (Wildman–Crippen LogP) is -1.98. The Morgan fingerprint density at radius 2 is 2.00 bits per heavy atom.